The van der Waals surface area contributed by atoms with Crippen molar-refractivity contribution < 1.29 is 18.8 Å². The number of carbonyl (C=O) groups is 2. The number of fused-ring (bicyclic) bond motifs is 1. The van der Waals surface area contributed by atoms with Gasteiger partial charge in [0.05, 0.1) is 17.5 Å². The maximum atomic E-state index is 11.9. The second-order valence-corrected chi connectivity index (χ2v) is 4.82. The van der Waals surface area contributed by atoms with Gasteiger partial charge in [0.2, 0.25) is 0 Å². The lowest BCUT2D eigenvalue weighted by Gasteiger charge is -2.06. The molecule has 0 unspecified atom stereocenters. The van der Waals surface area contributed by atoms with E-state index in [-0.39, 0.29) is 17.8 Å². The number of amides is 1. The molecule has 1 amide bonds. The molecule has 2 heterocycles. The fourth-order valence-corrected chi connectivity index (χ4v) is 2.10. The third-order valence-electron chi connectivity index (χ3n) is 3.16. The third kappa shape index (κ3) is 3.46. The Morgan fingerprint density at radius 1 is 1.21 bits per heavy atom. The van der Waals surface area contributed by atoms with Gasteiger partial charge in [-0.25, -0.2) is 5.10 Å². The van der Waals surface area contributed by atoms with E-state index >= 15 is 0 Å². The predicted octanol–water partition coefficient (Wildman–Crippen LogP) is 0.635. The first kappa shape index (κ1) is 15.4. The normalized spacial score (nSPS) is 10.5. The Hall–Kier alpha value is -3.49. The Bertz CT molecular complexity index is 932. The lowest BCUT2D eigenvalue weighted by Crippen LogP contribution is -2.22. The van der Waals surface area contributed by atoms with Crippen molar-refractivity contribution in [3.05, 3.63) is 52.6 Å². The molecule has 0 aliphatic rings. The summed E-state index contributed by atoms with van der Waals surface area (Å²) in [5.74, 6) is -0.962. The molecule has 1 aromatic carbocycles. The number of esters is 1. The molecule has 0 saturated carbocycles. The van der Waals surface area contributed by atoms with E-state index in [9.17, 15) is 14.4 Å². The summed E-state index contributed by atoms with van der Waals surface area (Å²) in [6.45, 7) is -0.465. The minimum Gasteiger partial charge on any atom is -0.455 e. The lowest BCUT2D eigenvalue weighted by atomic mass is 10.1. The smallest absolute Gasteiger partial charge is 0.312 e. The van der Waals surface area contributed by atoms with Crippen LogP contribution < -0.4 is 10.9 Å². The number of hydrogen-bond acceptors (Lipinski definition) is 7. The number of ether oxygens (including phenoxy) is 1. The van der Waals surface area contributed by atoms with Crippen LogP contribution in [0.25, 0.3) is 10.8 Å². The summed E-state index contributed by atoms with van der Waals surface area (Å²) in [5, 5.41) is 13.1. The van der Waals surface area contributed by atoms with Gasteiger partial charge in [-0.15, -0.1) is 0 Å². The minimum atomic E-state index is -0.644. The number of nitrogens with one attached hydrogen (secondary N) is 2. The van der Waals surface area contributed by atoms with Crippen LogP contribution in [-0.2, 0) is 20.7 Å². The van der Waals surface area contributed by atoms with Crippen LogP contribution in [0.2, 0.25) is 0 Å². The fraction of sp³-hybridized carbons (Fsp3) is 0.133. The Morgan fingerprint density at radius 2 is 2.00 bits per heavy atom. The number of carbonyl (C=O) groups excluding carboxylic acids is 2. The molecule has 3 aromatic rings. The van der Waals surface area contributed by atoms with Gasteiger partial charge in [-0.05, 0) is 6.07 Å². The Balaban J connectivity index is 1.62. The number of hydrogen-bond donors (Lipinski definition) is 2. The van der Waals surface area contributed by atoms with Crippen LogP contribution in [0.3, 0.4) is 0 Å². The number of anilines is 1. The first-order chi connectivity index (χ1) is 11.6. The molecule has 0 radical (unpaired) electrons. The molecular formula is C15H12N4O5. The van der Waals surface area contributed by atoms with Gasteiger partial charge in [-0.1, -0.05) is 23.4 Å². The van der Waals surface area contributed by atoms with Crippen LogP contribution >= 0.6 is 0 Å². The average Bonchev–Trinajstić information content (AvgIpc) is 3.09. The summed E-state index contributed by atoms with van der Waals surface area (Å²) in [6, 6.07) is 8.24. The van der Waals surface area contributed by atoms with Gasteiger partial charge < -0.3 is 14.6 Å². The van der Waals surface area contributed by atoms with Crippen molar-refractivity contribution in [3.8, 4) is 0 Å². The van der Waals surface area contributed by atoms with Crippen LogP contribution in [0.5, 0.6) is 0 Å². The first-order valence-corrected chi connectivity index (χ1v) is 6.95. The van der Waals surface area contributed by atoms with Crippen LogP contribution in [0, 0.1) is 0 Å². The highest BCUT2D eigenvalue weighted by Crippen LogP contribution is 2.13. The average molecular weight is 328 g/mol. The second kappa shape index (κ2) is 6.73. The molecule has 0 saturated heterocycles. The highest BCUT2D eigenvalue weighted by molar-refractivity contribution is 5.92. The number of rotatable bonds is 5. The zero-order chi connectivity index (χ0) is 16.9. The van der Waals surface area contributed by atoms with Gasteiger partial charge in [0.1, 0.15) is 6.26 Å². The Morgan fingerprint density at radius 3 is 2.75 bits per heavy atom. The van der Waals surface area contributed by atoms with Crippen molar-refractivity contribution in [2.45, 2.75) is 6.42 Å². The van der Waals surface area contributed by atoms with Gasteiger partial charge in [0.15, 0.2) is 12.4 Å². The van der Waals surface area contributed by atoms with Gasteiger partial charge in [0.25, 0.3) is 11.5 Å². The van der Waals surface area contributed by atoms with Crippen molar-refractivity contribution in [2.75, 3.05) is 11.9 Å². The van der Waals surface area contributed by atoms with Crippen LogP contribution in [0.1, 0.15) is 5.69 Å². The molecule has 122 valence electrons. The number of aromatic amines is 1. The summed E-state index contributed by atoms with van der Waals surface area (Å²) >= 11 is 0. The fourth-order valence-electron chi connectivity index (χ4n) is 2.10. The molecule has 0 spiro atoms. The highest BCUT2D eigenvalue weighted by atomic mass is 16.5. The van der Waals surface area contributed by atoms with E-state index in [0.29, 0.717) is 16.5 Å². The van der Waals surface area contributed by atoms with Crippen molar-refractivity contribution in [1.29, 1.82) is 0 Å². The van der Waals surface area contributed by atoms with Crippen molar-refractivity contribution in [3.63, 3.8) is 0 Å². The largest absolute Gasteiger partial charge is 0.455 e. The monoisotopic (exact) mass is 328 g/mol. The summed E-state index contributed by atoms with van der Waals surface area (Å²) in [6.07, 6.45) is 1.13. The Kier molecular flexibility index (Phi) is 4.32. The molecule has 2 N–H and O–H groups in total. The van der Waals surface area contributed by atoms with Crippen molar-refractivity contribution >= 4 is 28.5 Å². The Labute approximate surface area is 134 Å². The minimum absolute atomic E-state index is 0.172. The molecule has 0 aliphatic heterocycles. The molecule has 3 rings (SSSR count). The third-order valence-corrected chi connectivity index (χ3v) is 3.16. The van der Waals surface area contributed by atoms with E-state index in [1.54, 1.807) is 24.3 Å². The van der Waals surface area contributed by atoms with E-state index in [2.05, 4.69) is 25.2 Å². The van der Waals surface area contributed by atoms with Crippen LogP contribution in [0.15, 0.2) is 45.9 Å². The van der Waals surface area contributed by atoms with Gasteiger partial charge in [-0.3, -0.25) is 14.4 Å². The van der Waals surface area contributed by atoms with Gasteiger partial charge in [-0.2, -0.15) is 5.10 Å². The topological polar surface area (TPSA) is 127 Å². The molecule has 0 atom stereocenters. The maximum Gasteiger partial charge on any atom is 0.312 e. The SMILES string of the molecule is O=C(COC(=O)Cc1n[nH]c(=O)c2ccccc12)Nc1ccon1. The lowest BCUT2D eigenvalue weighted by molar-refractivity contribution is -0.146. The zero-order valence-corrected chi connectivity index (χ0v) is 12.3. The number of benzene rings is 1. The van der Waals surface area contributed by atoms with E-state index in [0.717, 1.165) is 0 Å². The van der Waals surface area contributed by atoms with Gasteiger partial charge >= 0.3 is 5.97 Å². The predicted molar refractivity (Wildman–Crippen MR) is 82.2 cm³/mol. The standard InChI is InChI=1S/C15H12N4O5/c20-13(16-12-5-6-24-19-12)8-23-14(21)7-11-9-3-1-2-4-10(9)15(22)18-17-11/h1-6H,7-8H2,(H,18,22)(H,16,19,20). The first-order valence-electron chi connectivity index (χ1n) is 6.95. The van der Waals surface area contributed by atoms with E-state index in [1.807, 2.05) is 0 Å². The molecule has 2 aromatic heterocycles. The van der Waals surface area contributed by atoms with Crippen molar-refractivity contribution in [2.24, 2.45) is 0 Å². The number of H-pyrrole nitrogens is 1. The molecule has 9 nitrogen and oxygen atoms in total. The zero-order valence-electron chi connectivity index (χ0n) is 12.3. The maximum absolute atomic E-state index is 11.9. The molecule has 9 heteroatoms. The van der Waals surface area contributed by atoms with Crippen LogP contribution in [-0.4, -0.2) is 33.8 Å². The number of aromatic nitrogens is 3. The van der Waals surface area contributed by atoms with Crippen molar-refractivity contribution in [1.82, 2.24) is 15.4 Å². The molecule has 0 fully saturated rings. The summed E-state index contributed by atoms with van der Waals surface area (Å²) in [5.41, 5.74) is 0.0295. The summed E-state index contributed by atoms with van der Waals surface area (Å²) in [4.78, 5) is 35.2. The summed E-state index contributed by atoms with van der Waals surface area (Å²) < 4.78 is 9.46. The van der Waals surface area contributed by atoms with E-state index < -0.39 is 18.5 Å². The second-order valence-electron chi connectivity index (χ2n) is 4.82. The highest BCUT2D eigenvalue weighted by Gasteiger charge is 2.13. The quantitative estimate of drug-likeness (QED) is 0.658. The number of nitrogens with zero attached hydrogens (tertiary/aromatic N) is 2. The molecule has 0 bridgehead atoms. The van der Waals surface area contributed by atoms with E-state index in [1.165, 1.54) is 12.3 Å². The summed E-state index contributed by atoms with van der Waals surface area (Å²) in [7, 11) is 0. The molecular weight excluding hydrogens is 316 g/mol. The molecule has 24 heavy (non-hydrogen) atoms. The van der Waals surface area contributed by atoms with Crippen LogP contribution in [0.4, 0.5) is 5.82 Å². The molecule has 0 aliphatic carbocycles. The van der Waals surface area contributed by atoms with Gasteiger partial charge in [0, 0.05) is 11.5 Å². The van der Waals surface area contributed by atoms with E-state index in [4.69, 9.17) is 4.74 Å².